The average molecular weight is 132 g/mol. The van der Waals surface area contributed by atoms with Crippen molar-refractivity contribution in [2.45, 2.75) is 19.4 Å². The molecule has 0 spiro atoms. The van der Waals surface area contributed by atoms with Gasteiger partial charge in [0.25, 0.3) is 0 Å². The van der Waals surface area contributed by atoms with Crippen LogP contribution >= 0.6 is 11.8 Å². The molecule has 48 valence electrons. The molecule has 0 aliphatic carbocycles. The fourth-order valence-corrected chi connectivity index (χ4v) is 0.802. The predicted octanol–water partition coefficient (Wildman–Crippen LogP) is 1.63. The van der Waals surface area contributed by atoms with E-state index in [1.165, 1.54) is 11.8 Å². The summed E-state index contributed by atoms with van der Waals surface area (Å²) in [6, 6.07) is 0. The lowest BCUT2D eigenvalue weighted by atomic mass is 10.3. The zero-order valence-electron chi connectivity index (χ0n) is 5.35. The van der Waals surface area contributed by atoms with Crippen LogP contribution in [0.25, 0.3) is 0 Å². The maximum absolute atomic E-state index is 9.01. The maximum Gasteiger partial charge on any atom is 0.0839 e. The third-order valence-electron chi connectivity index (χ3n) is 1.02. The number of aliphatic hydroxyl groups is 1. The van der Waals surface area contributed by atoms with Gasteiger partial charge in [-0.05, 0) is 12.7 Å². The van der Waals surface area contributed by atoms with Crippen LogP contribution in [-0.2, 0) is 0 Å². The molecule has 8 heavy (non-hydrogen) atoms. The van der Waals surface area contributed by atoms with Crippen molar-refractivity contribution in [2.75, 3.05) is 6.26 Å². The van der Waals surface area contributed by atoms with Gasteiger partial charge >= 0.3 is 0 Å². The zero-order chi connectivity index (χ0) is 6.57. The molecule has 0 aromatic rings. The Morgan fingerprint density at radius 3 is 2.50 bits per heavy atom. The molecule has 0 saturated carbocycles. The molecular formula is C6H12OS. The fraction of sp³-hybridized carbons (Fsp3) is 0.667. The average Bonchev–Trinajstić information content (AvgIpc) is 1.84. The SMILES string of the molecule is C=C(SC)C(O)CC. The molecular weight excluding hydrogens is 120 g/mol. The van der Waals surface area contributed by atoms with Crippen LogP contribution in [0.3, 0.4) is 0 Å². The Labute approximate surface area is 54.8 Å². The van der Waals surface area contributed by atoms with Gasteiger partial charge in [0.1, 0.15) is 0 Å². The molecule has 1 nitrogen and oxygen atoms in total. The highest BCUT2D eigenvalue weighted by molar-refractivity contribution is 8.02. The van der Waals surface area contributed by atoms with Gasteiger partial charge in [0, 0.05) is 4.91 Å². The van der Waals surface area contributed by atoms with E-state index >= 15 is 0 Å². The van der Waals surface area contributed by atoms with E-state index in [1.54, 1.807) is 0 Å². The van der Waals surface area contributed by atoms with E-state index < -0.39 is 0 Å². The van der Waals surface area contributed by atoms with Crippen LogP contribution in [0.2, 0.25) is 0 Å². The van der Waals surface area contributed by atoms with Crippen LogP contribution in [-0.4, -0.2) is 17.5 Å². The second-order valence-electron chi connectivity index (χ2n) is 1.59. The van der Waals surface area contributed by atoms with Gasteiger partial charge in [-0.1, -0.05) is 13.5 Å². The van der Waals surface area contributed by atoms with Crippen molar-refractivity contribution >= 4 is 11.8 Å². The summed E-state index contributed by atoms with van der Waals surface area (Å²) in [5.41, 5.74) is 0. The molecule has 1 N–H and O–H groups in total. The van der Waals surface area contributed by atoms with Gasteiger partial charge in [0.05, 0.1) is 6.10 Å². The highest BCUT2D eigenvalue weighted by atomic mass is 32.2. The summed E-state index contributed by atoms with van der Waals surface area (Å²) in [5.74, 6) is 0. The summed E-state index contributed by atoms with van der Waals surface area (Å²) in [6.07, 6.45) is 2.37. The van der Waals surface area contributed by atoms with Crippen LogP contribution in [0.4, 0.5) is 0 Å². The predicted molar refractivity (Wildman–Crippen MR) is 39.0 cm³/mol. The van der Waals surface area contributed by atoms with Gasteiger partial charge in [-0.25, -0.2) is 0 Å². The molecule has 0 bridgehead atoms. The summed E-state index contributed by atoms with van der Waals surface area (Å²) >= 11 is 1.51. The summed E-state index contributed by atoms with van der Waals surface area (Å²) < 4.78 is 0. The standard InChI is InChI=1S/C6H12OS/c1-4-6(7)5(2)8-3/h6-7H,2,4H2,1,3H3. The Bertz CT molecular complexity index is 80.6. The minimum Gasteiger partial charge on any atom is -0.388 e. The van der Waals surface area contributed by atoms with Crippen molar-refractivity contribution in [2.24, 2.45) is 0 Å². The second-order valence-corrected chi connectivity index (χ2v) is 2.53. The Balaban J connectivity index is 3.46. The van der Waals surface area contributed by atoms with Gasteiger partial charge in [-0.3, -0.25) is 0 Å². The van der Waals surface area contributed by atoms with Crippen molar-refractivity contribution in [1.82, 2.24) is 0 Å². The summed E-state index contributed by atoms with van der Waals surface area (Å²) in [5, 5.41) is 9.01. The van der Waals surface area contributed by atoms with E-state index in [2.05, 4.69) is 6.58 Å². The second kappa shape index (κ2) is 3.98. The van der Waals surface area contributed by atoms with E-state index in [9.17, 15) is 0 Å². The Hall–Kier alpha value is 0.0500. The summed E-state index contributed by atoms with van der Waals surface area (Å²) in [4.78, 5) is 0.854. The first kappa shape index (κ1) is 8.05. The molecule has 0 heterocycles. The highest BCUT2D eigenvalue weighted by Gasteiger charge is 2.01. The van der Waals surface area contributed by atoms with Crippen LogP contribution in [0.15, 0.2) is 11.5 Å². The molecule has 0 aliphatic heterocycles. The van der Waals surface area contributed by atoms with Crippen LogP contribution in [0, 0.1) is 0 Å². The minimum absolute atomic E-state index is 0.315. The molecule has 2 heteroatoms. The number of thioether (sulfide) groups is 1. The van der Waals surface area contributed by atoms with E-state index in [1.807, 2.05) is 13.2 Å². The van der Waals surface area contributed by atoms with Gasteiger partial charge in [0.15, 0.2) is 0 Å². The Morgan fingerprint density at radius 1 is 1.88 bits per heavy atom. The first-order chi connectivity index (χ1) is 3.72. The lowest BCUT2D eigenvalue weighted by Gasteiger charge is -2.06. The lowest BCUT2D eigenvalue weighted by molar-refractivity contribution is 0.216. The van der Waals surface area contributed by atoms with Gasteiger partial charge < -0.3 is 5.11 Å². The molecule has 0 aromatic heterocycles. The van der Waals surface area contributed by atoms with Crippen LogP contribution in [0.1, 0.15) is 13.3 Å². The van der Waals surface area contributed by atoms with Gasteiger partial charge in [0.2, 0.25) is 0 Å². The summed E-state index contributed by atoms with van der Waals surface area (Å²) in [6.45, 7) is 5.59. The van der Waals surface area contributed by atoms with E-state index in [0.29, 0.717) is 0 Å². The molecule has 0 aliphatic rings. The third-order valence-corrected chi connectivity index (χ3v) is 1.82. The van der Waals surface area contributed by atoms with E-state index in [4.69, 9.17) is 5.11 Å². The van der Waals surface area contributed by atoms with E-state index in [-0.39, 0.29) is 6.10 Å². The number of aliphatic hydroxyl groups excluding tert-OH is 1. The third kappa shape index (κ3) is 2.38. The first-order valence-corrected chi connectivity index (χ1v) is 3.85. The number of hydrogen-bond acceptors (Lipinski definition) is 2. The van der Waals surface area contributed by atoms with Crippen LogP contribution < -0.4 is 0 Å². The van der Waals surface area contributed by atoms with Crippen LogP contribution in [0.5, 0.6) is 0 Å². The van der Waals surface area contributed by atoms with E-state index in [0.717, 1.165) is 11.3 Å². The molecule has 0 radical (unpaired) electrons. The maximum atomic E-state index is 9.01. The minimum atomic E-state index is -0.315. The van der Waals surface area contributed by atoms with Crippen molar-refractivity contribution in [1.29, 1.82) is 0 Å². The molecule has 0 rings (SSSR count). The highest BCUT2D eigenvalue weighted by Crippen LogP contribution is 2.14. The largest absolute Gasteiger partial charge is 0.388 e. The van der Waals surface area contributed by atoms with Crippen molar-refractivity contribution in [3.8, 4) is 0 Å². The fourth-order valence-electron chi connectivity index (χ4n) is 0.364. The molecule has 0 fully saturated rings. The van der Waals surface area contributed by atoms with Gasteiger partial charge in [-0.2, -0.15) is 0 Å². The monoisotopic (exact) mass is 132 g/mol. The molecule has 0 aromatic carbocycles. The molecule has 1 unspecified atom stereocenters. The lowest BCUT2D eigenvalue weighted by Crippen LogP contribution is -2.03. The number of rotatable bonds is 3. The smallest absolute Gasteiger partial charge is 0.0839 e. The summed E-state index contributed by atoms with van der Waals surface area (Å²) in [7, 11) is 0. The molecule has 1 atom stereocenters. The topological polar surface area (TPSA) is 20.2 Å². The zero-order valence-corrected chi connectivity index (χ0v) is 6.16. The van der Waals surface area contributed by atoms with Crippen molar-refractivity contribution < 1.29 is 5.11 Å². The normalized spacial score (nSPS) is 13.4. The molecule has 0 saturated heterocycles. The Morgan fingerprint density at radius 2 is 2.38 bits per heavy atom. The van der Waals surface area contributed by atoms with Crippen molar-refractivity contribution in [3.05, 3.63) is 11.5 Å². The molecule has 0 amide bonds. The first-order valence-electron chi connectivity index (χ1n) is 2.63. The van der Waals surface area contributed by atoms with Crippen molar-refractivity contribution in [3.63, 3.8) is 0 Å². The number of hydrogen-bond donors (Lipinski definition) is 1. The Kier molecular flexibility index (Phi) is 4.01. The van der Waals surface area contributed by atoms with Gasteiger partial charge in [-0.15, -0.1) is 11.8 Å². The quantitative estimate of drug-likeness (QED) is 0.630.